The highest BCUT2D eigenvalue weighted by molar-refractivity contribution is 9.11. The Labute approximate surface area is 125 Å². The average molecular weight is 371 g/mol. The molecule has 0 spiro atoms. The maximum absolute atomic E-state index is 11.9. The zero-order chi connectivity index (χ0) is 14.5. The Hall–Kier alpha value is -0.480. The third-order valence-electron chi connectivity index (χ3n) is 2.33. The van der Waals surface area contributed by atoms with E-state index < -0.39 is 16.2 Å². The largest absolute Gasteiger partial charge is 0.469 e. The van der Waals surface area contributed by atoms with E-state index in [0.29, 0.717) is 0 Å². The lowest BCUT2D eigenvalue weighted by atomic mass is 10.4. The fourth-order valence-electron chi connectivity index (χ4n) is 1.19. The van der Waals surface area contributed by atoms with E-state index in [9.17, 15) is 13.2 Å². The van der Waals surface area contributed by atoms with Gasteiger partial charge in [-0.25, -0.2) is 0 Å². The van der Waals surface area contributed by atoms with Crippen molar-refractivity contribution >= 4 is 43.4 Å². The van der Waals surface area contributed by atoms with Gasteiger partial charge < -0.3 is 4.74 Å². The Morgan fingerprint density at radius 3 is 2.74 bits per heavy atom. The third-order valence-corrected chi connectivity index (χ3v) is 5.46. The zero-order valence-corrected chi connectivity index (χ0v) is 13.8. The van der Waals surface area contributed by atoms with Crippen LogP contribution in [0.25, 0.3) is 0 Å². The molecule has 0 aromatic carbocycles. The molecular weight excluding hydrogens is 356 g/mol. The second-order valence-corrected chi connectivity index (χ2v) is 8.09. The van der Waals surface area contributed by atoms with Crippen LogP contribution in [0.4, 0.5) is 0 Å². The van der Waals surface area contributed by atoms with Crippen LogP contribution in [0.15, 0.2) is 15.9 Å². The molecule has 1 aromatic rings. The van der Waals surface area contributed by atoms with E-state index in [1.165, 1.54) is 25.5 Å². The number of carbonyl (C=O) groups is 1. The van der Waals surface area contributed by atoms with Gasteiger partial charge in [-0.3, -0.25) is 4.79 Å². The molecule has 19 heavy (non-hydrogen) atoms. The molecule has 0 aliphatic heterocycles. The minimum absolute atomic E-state index is 0.0263. The Morgan fingerprint density at radius 2 is 2.21 bits per heavy atom. The number of ether oxygens (including phenoxy) is 1. The van der Waals surface area contributed by atoms with Crippen molar-refractivity contribution in [2.45, 2.75) is 13.0 Å². The quantitative estimate of drug-likeness (QED) is 0.734. The molecular formula is C10H15BrN2O4S2. The number of rotatable bonds is 7. The molecule has 1 heterocycles. The number of carbonyl (C=O) groups excluding carboxylic acids is 1. The first-order valence-electron chi connectivity index (χ1n) is 5.37. The number of methoxy groups -OCH3 is 1. The van der Waals surface area contributed by atoms with Crippen LogP contribution in [-0.2, 0) is 26.3 Å². The molecule has 0 radical (unpaired) electrons. The molecule has 0 bridgehead atoms. The summed E-state index contributed by atoms with van der Waals surface area (Å²) in [6, 6.07) is 3.70. The summed E-state index contributed by atoms with van der Waals surface area (Å²) in [6.45, 7) is 0.303. The highest BCUT2D eigenvalue weighted by atomic mass is 79.9. The number of hydrogen-bond donors (Lipinski definition) is 1. The third kappa shape index (κ3) is 5.57. The molecule has 0 atom stereocenters. The normalized spacial score (nSPS) is 11.8. The summed E-state index contributed by atoms with van der Waals surface area (Å²) in [5, 5.41) is 0. The van der Waals surface area contributed by atoms with Crippen molar-refractivity contribution in [2.75, 3.05) is 20.7 Å². The van der Waals surface area contributed by atoms with Crippen LogP contribution in [0.1, 0.15) is 11.3 Å². The van der Waals surface area contributed by atoms with E-state index in [2.05, 4.69) is 25.4 Å². The van der Waals surface area contributed by atoms with Gasteiger partial charge in [0, 0.05) is 25.0 Å². The van der Waals surface area contributed by atoms with E-state index in [1.807, 2.05) is 12.1 Å². The molecule has 0 saturated heterocycles. The van der Waals surface area contributed by atoms with Crippen molar-refractivity contribution in [3.8, 4) is 0 Å². The van der Waals surface area contributed by atoms with Gasteiger partial charge in [-0.05, 0) is 28.1 Å². The van der Waals surface area contributed by atoms with E-state index in [4.69, 9.17) is 0 Å². The maximum atomic E-state index is 11.9. The fourth-order valence-corrected chi connectivity index (χ4v) is 3.59. The first kappa shape index (κ1) is 16.6. The monoisotopic (exact) mass is 370 g/mol. The predicted octanol–water partition coefficient (Wildman–Crippen LogP) is 1.34. The lowest BCUT2D eigenvalue weighted by Crippen LogP contribution is -2.38. The van der Waals surface area contributed by atoms with Crippen molar-refractivity contribution in [1.29, 1.82) is 0 Å². The van der Waals surface area contributed by atoms with E-state index in [-0.39, 0.29) is 19.5 Å². The summed E-state index contributed by atoms with van der Waals surface area (Å²) in [7, 11) is -0.906. The molecule has 0 unspecified atom stereocenters. The van der Waals surface area contributed by atoms with Crippen LogP contribution in [0.3, 0.4) is 0 Å². The fraction of sp³-hybridized carbons (Fsp3) is 0.500. The highest BCUT2D eigenvalue weighted by Gasteiger charge is 2.18. The Kier molecular flexibility index (Phi) is 6.40. The van der Waals surface area contributed by atoms with Gasteiger partial charge in [0.2, 0.25) is 0 Å². The standard InChI is InChI=1S/C10H15BrN2O4S2/c1-13(6-5-10(14)17-2)19(15,16)12-7-8-3-4-9(11)18-8/h3-4,12H,5-7H2,1-2H3. The van der Waals surface area contributed by atoms with Gasteiger partial charge in [-0.1, -0.05) is 0 Å². The van der Waals surface area contributed by atoms with Crippen molar-refractivity contribution in [1.82, 2.24) is 9.03 Å². The smallest absolute Gasteiger partial charge is 0.306 e. The SMILES string of the molecule is COC(=O)CCN(C)S(=O)(=O)NCc1ccc(Br)s1. The van der Waals surface area contributed by atoms with Crippen LogP contribution >= 0.6 is 27.3 Å². The second kappa shape index (κ2) is 7.34. The highest BCUT2D eigenvalue weighted by Crippen LogP contribution is 2.21. The van der Waals surface area contributed by atoms with Crippen LogP contribution in [0.5, 0.6) is 0 Å². The van der Waals surface area contributed by atoms with Crippen molar-refractivity contribution in [3.63, 3.8) is 0 Å². The molecule has 0 fully saturated rings. The lowest BCUT2D eigenvalue weighted by molar-refractivity contribution is -0.140. The summed E-state index contributed by atoms with van der Waals surface area (Å²) < 4.78 is 32.7. The molecule has 0 saturated carbocycles. The van der Waals surface area contributed by atoms with E-state index in [1.54, 1.807) is 0 Å². The van der Waals surface area contributed by atoms with Gasteiger partial charge in [-0.15, -0.1) is 11.3 Å². The van der Waals surface area contributed by atoms with E-state index in [0.717, 1.165) is 13.0 Å². The maximum Gasteiger partial charge on any atom is 0.306 e. The minimum Gasteiger partial charge on any atom is -0.469 e. The molecule has 108 valence electrons. The topological polar surface area (TPSA) is 75.7 Å². The second-order valence-electron chi connectivity index (χ2n) is 3.68. The van der Waals surface area contributed by atoms with Gasteiger partial charge >= 0.3 is 5.97 Å². The van der Waals surface area contributed by atoms with Gasteiger partial charge in [0.25, 0.3) is 10.2 Å². The van der Waals surface area contributed by atoms with Gasteiger partial charge in [-0.2, -0.15) is 17.4 Å². The first-order valence-corrected chi connectivity index (χ1v) is 8.42. The van der Waals surface area contributed by atoms with Crippen molar-refractivity contribution < 1.29 is 17.9 Å². The molecule has 0 aliphatic carbocycles. The Morgan fingerprint density at radius 1 is 1.53 bits per heavy atom. The Bertz CT molecular complexity index is 529. The number of halogens is 1. The molecule has 1 N–H and O–H groups in total. The summed E-state index contributed by atoms with van der Waals surface area (Å²) in [5.74, 6) is -0.441. The van der Waals surface area contributed by atoms with Gasteiger partial charge in [0.1, 0.15) is 0 Å². The van der Waals surface area contributed by atoms with Gasteiger partial charge in [0.15, 0.2) is 0 Å². The van der Waals surface area contributed by atoms with Crippen molar-refractivity contribution in [3.05, 3.63) is 20.8 Å². The number of nitrogens with zero attached hydrogens (tertiary/aromatic N) is 1. The van der Waals surface area contributed by atoms with E-state index >= 15 is 0 Å². The first-order chi connectivity index (χ1) is 8.85. The predicted molar refractivity (Wildman–Crippen MR) is 77.0 cm³/mol. The van der Waals surface area contributed by atoms with Crippen LogP contribution in [-0.4, -0.2) is 39.4 Å². The summed E-state index contributed by atoms with van der Waals surface area (Å²) in [6.07, 6.45) is 0.0263. The summed E-state index contributed by atoms with van der Waals surface area (Å²) in [4.78, 5) is 11.9. The number of hydrogen-bond acceptors (Lipinski definition) is 5. The minimum atomic E-state index is -3.59. The molecule has 6 nitrogen and oxygen atoms in total. The zero-order valence-electron chi connectivity index (χ0n) is 10.6. The molecule has 0 amide bonds. The van der Waals surface area contributed by atoms with Crippen molar-refractivity contribution in [2.24, 2.45) is 0 Å². The molecule has 0 aliphatic rings. The number of nitrogens with one attached hydrogen (secondary N) is 1. The Balaban J connectivity index is 2.48. The van der Waals surface area contributed by atoms with Crippen LogP contribution in [0, 0.1) is 0 Å². The number of esters is 1. The molecule has 1 rings (SSSR count). The number of thiophene rings is 1. The van der Waals surface area contributed by atoms with Gasteiger partial charge in [0.05, 0.1) is 17.3 Å². The summed E-state index contributed by atoms with van der Waals surface area (Å²) in [5.41, 5.74) is 0. The molecule has 9 heteroatoms. The van der Waals surface area contributed by atoms with Crippen LogP contribution in [0.2, 0.25) is 0 Å². The molecule has 1 aromatic heterocycles. The summed E-state index contributed by atoms with van der Waals surface area (Å²) >= 11 is 4.77. The van der Waals surface area contributed by atoms with Crippen LogP contribution < -0.4 is 4.72 Å². The average Bonchev–Trinajstić information content (AvgIpc) is 2.79. The lowest BCUT2D eigenvalue weighted by Gasteiger charge is -2.16.